The molecule has 1 heterocycles. The quantitative estimate of drug-likeness (QED) is 0.668. The summed E-state index contributed by atoms with van der Waals surface area (Å²) in [4.78, 5) is 26.6. The minimum absolute atomic E-state index is 0.00116. The van der Waals surface area contributed by atoms with Crippen LogP contribution in [0.25, 0.3) is 0 Å². The highest BCUT2D eigenvalue weighted by Gasteiger charge is 2.20. The first-order valence-corrected chi connectivity index (χ1v) is 10.6. The number of ether oxygens (including phenoxy) is 1. The van der Waals surface area contributed by atoms with Crippen LogP contribution in [0.2, 0.25) is 0 Å². The first-order valence-electron chi connectivity index (χ1n) is 10.6. The van der Waals surface area contributed by atoms with Crippen LogP contribution in [0.3, 0.4) is 0 Å². The lowest BCUT2D eigenvalue weighted by Crippen LogP contribution is -2.45. The van der Waals surface area contributed by atoms with Crippen LogP contribution in [0, 0.1) is 0 Å². The molecule has 0 atom stereocenters. The summed E-state index contributed by atoms with van der Waals surface area (Å²) in [6.45, 7) is 3.17. The molecule has 1 fully saturated rings. The van der Waals surface area contributed by atoms with Crippen LogP contribution < -0.4 is 15.4 Å². The number of nitrogens with one attached hydrogen (secondary N) is 2. The Bertz CT molecular complexity index is 817. The average molecular weight is 410 g/mol. The number of carbonyl (C=O) groups excluding carboxylic acids is 2. The van der Waals surface area contributed by atoms with Crippen molar-refractivity contribution in [1.29, 1.82) is 0 Å². The van der Waals surface area contributed by atoms with Crippen molar-refractivity contribution in [2.24, 2.45) is 0 Å². The second-order valence-electron chi connectivity index (χ2n) is 7.73. The Morgan fingerprint density at radius 2 is 1.73 bits per heavy atom. The van der Waals surface area contributed by atoms with Gasteiger partial charge in [0.25, 0.3) is 0 Å². The van der Waals surface area contributed by atoms with Crippen molar-refractivity contribution in [1.82, 2.24) is 15.5 Å². The SMILES string of the molecule is COc1cccc(CN2CCC(NC(=O)CCNC(=O)Cc3ccccc3)CC2)c1. The number of methoxy groups -OCH3 is 1. The van der Waals surface area contributed by atoms with Crippen molar-refractivity contribution in [3.05, 3.63) is 65.7 Å². The lowest BCUT2D eigenvalue weighted by Gasteiger charge is -2.32. The fourth-order valence-corrected chi connectivity index (χ4v) is 3.72. The average Bonchev–Trinajstić information content (AvgIpc) is 2.76. The summed E-state index contributed by atoms with van der Waals surface area (Å²) in [5.41, 5.74) is 2.21. The van der Waals surface area contributed by atoms with Gasteiger partial charge in [-0.3, -0.25) is 14.5 Å². The number of likely N-dealkylation sites (tertiary alicyclic amines) is 1. The Labute approximate surface area is 178 Å². The third kappa shape index (κ3) is 7.19. The molecule has 160 valence electrons. The topological polar surface area (TPSA) is 70.7 Å². The van der Waals surface area contributed by atoms with Crippen LogP contribution >= 0.6 is 0 Å². The summed E-state index contributed by atoms with van der Waals surface area (Å²) in [7, 11) is 1.68. The number of benzene rings is 2. The fraction of sp³-hybridized carbons (Fsp3) is 0.417. The summed E-state index contributed by atoms with van der Waals surface area (Å²) in [5.74, 6) is 0.826. The van der Waals surface area contributed by atoms with E-state index in [4.69, 9.17) is 4.74 Å². The number of amides is 2. The molecule has 6 nitrogen and oxygen atoms in total. The van der Waals surface area contributed by atoms with Gasteiger partial charge in [0.05, 0.1) is 13.5 Å². The van der Waals surface area contributed by atoms with Crippen molar-refractivity contribution < 1.29 is 14.3 Å². The molecule has 0 unspecified atom stereocenters. The van der Waals surface area contributed by atoms with Crippen molar-refractivity contribution in [3.8, 4) is 5.75 Å². The molecule has 0 aliphatic carbocycles. The van der Waals surface area contributed by atoms with Gasteiger partial charge in [-0.2, -0.15) is 0 Å². The van der Waals surface area contributed by atoms with Crippen molar-refractivity contribution >= 4 is 11.8 Å². The van der Waals surface area contributed by atoms with E-state index in [1.54, 1.807) is 7.11 Å². The zero-order chi connectivity index (χ0) is 21.2. The molecule has 0 saturated carbocycles. The summed E-state index contributed by atoms with van der Waals surface area (Å²) >= 11 is 0. The molecule has 1 saturated heterocycles. The maximum atomic E-state index is 12.2. The van der Waals surface area contributed by atoms with Crippen molar-refractivity contribution in [2.45, 2.75) is 38.3 Å². The zero-order valence-corrected chi connectivity index (χ0v) is 17.6. The highest BCUT2D eigenvalue weighted by Crippen LogP contribution is 2.17. The van der Waals surface area contributed by atoms with Crippen LogP contribution in [0.4, 0.5) is 0 Å². The lowest BCUT2D eigenvalue weighted by atomic mass is 10.0. The second kappa shape index (κ2) is 11.4. The molecule has 2 aromatic rings. The first kappa shape index (κ1) is 21.8. The normalized spacial score (nSPS) is 14.8. The number of piperidine rings is 1. The van der Waals surface area contributed by atoms with Crippen molar-refractivity contribution in [3.63, 3.8) is 0 Å². The number of nitrogens with zero attached hydrogens (tertiary/aromatic N) is 1. The molecule has 30 heavy (non-hydrogen) atoms. The van der Waals surface area contributed by atoms with Gasteiger partial charge in [0, 0.05) is 38.6 Å². The minimum Gasteiger partial charge on any atom is -0.497 e. The van der Waals surface area contributed by atoms with Gasteiger partial charge >= 0.3 is 0 Å². The van der Waals surface area contributed by atoms with E-state index in [9.17, 15) is 9.59 Å². The Balaban J connectivity index is 1.30. The second-order valence-corrected chi connectivity index (χ2v) is 7.73. The van der Waals surface area contributed by atoms with Gasteiger partial charge in [0.15, 0.2) is 0 Å². The van der Waals surface area contributed by atoms with E-state index in [0.29, 0.717) is 19.4 Å². The lowest BCUT2D eigenvalue weighted by molar-refractivity contribution is -0.122. The number of hydrogen-bond donors (Lipinski definition) is 2. The first-order chi connectivity index (χ1) is 14.6. The molecular formula is C24H31N3O3. The minimum atomic E-state index is -0.0557. The zero-order valence-electron chi connectivity index (χ0n) is 17.6. The smallest absolute Gasteiger partial charge is 0.224 e. The van der Waals surface area contributed by atoms with E-state index in [2.05, 4.69) is 27.7 Å². The highest BCUT2D eigenvalue weighted by atomic mass is 16.5. The summed E-state index contributed by atoms with van der Waals surface area (Å²) in [5, 5.41) is 5.93. The molecule has 3 rings (SSSR count). The van der Waals surface area contributed by atoms with Gasteiger partial charge in [-0.05, 0) is 36.1 Å². The van der Waals surface area contributed by atoms with Crippen LogP contribution in [-0.2, 0) is 22.6 Å². The van der Waals surface area contributed by atoms with Crippen molar-refractivity contribution in [2.75, 3.05) is 26.7 Å². The molecule has 2 aromatic carbocycles. The van der Waals surface area contributed by atoms with Crippen LogP contribution in [-0.4, -0.2) is 49.5 Å². The predicted molar refractivity (Wildman–Crippen MR) is 117 cm³/mol. The van der Waals surface area contributed by atoms with E-state index < -0.39 is 0 Å². The monoisotopic (exact) mass is 409 g/mol. The molecule has 0 spiro atoms. The Hall–Kier alpha value is -2.86. The maximum absolute atomic E-state index is 12.2. The van der Waals surface area contributed by atoms with Gasteiger partial charge < -0.3 is 15.4 Å². The van der Waals surface area contributed by atoms with Gasteiger partial charge in [-0.25, -0.2) is 0 Å². The standard InChI is InChI=1S/C24H31N3O3/c1-30-22-9-5-8-20(16-22)18-27-14-11-21(12-15-27)26-23(28)10-13-25-24(29)17-19-6-3-2-4-7-19/h2-9,16,21H,10-15,17-18H2,1H3,(H,25,29)(H,26,28). The third-order valence-electron chi connectivity index (χ3n) is 5.37. The maximum Gasteiger partial charge on any atom is 0.224 e. The van der Waals surface area contributed by atoms with Gasteiger partial charge in [-0.15, -0.1) is 0 Å². The number of carbonyl (C=O) groups is 2. The molecule has 0 bridgehead atoms. The number of hydrogen-bond acceptors (Lipinski definition) is 4. The van der Waals surface area contributed by atoms with E-state index in [-0.39, 0.29) is 17.9 Å². The van der Waals surface area contributed by atoms with Crippen LogP contribution in [0.15, 0.2) is 54.6 Å². The molecule has 0 radical (unpaired) electrons. The molecule has 0 aromatic heterocycles. The molecule has 2 N–H and O–H groups in total. The van der Waals surface area contributed by atoms with Crippen LogP contribution in [0.5, 0.6) is 5.75 Å². The van der Waals surface area contributed by atoms with Crippen LogP contribution in [0.1, 0.15) is 30.4 Å². The third-order valence-corrected chi connectivity index (χ3v) is 5.37. The van der Waals surface area contributed by atoms with Gasteiger partial charge in [-0.1, -0.05) is 42.5 Å². The van der Waals surface area contributed by atoms with E-state index in [1.165, 1.54) is 5.56 Å². The Kier molecular flexibility index (Phi) is 8.27. The molecule has 1 aliphatic heterocycles. The largest absolute Gasteiger partial charge is 0.497 e. The Morgan fingerprint density at radius 1 is 1.00 bits per heavy atom. The summed E-state index contributed by atoms with van der Waals surface area (Å²) in [6, 6.07) is 18.0. The van der Waals surface area contributed by atoms with E-state index >= 15 is 0 Å². The molecular weight excluding hydrogens is 378 g/mol. The Morgan fingerprint density at radius 3 is 2.47 bits per heavy atom. The summed E-state index contributed by atoms with van der Waals surface area (Å²) in [6.07, 6.45) is 2.53. The highest BCUT2D eigenvalue weighted by molar-refractivity contribution is 5.80. The van der Waals surface area contributed by atoms with E-state index in [0.717, 1.165) is 43.8 Å². The predicted octanol–water partition coefficient (Wildman–Crippen LogP) is 2.52. The van der Waals surface area contributed by atoms with Gasteiger partial charge in [0.2, 0.25) is 11.8 Å². The number of rotatable bonds is 9. The summed E-state index contributed by atoms with van der Waals surface area (Å²) < 4.78 is 5.29. The van der Waals surface area contributed by atoms with Gasteiger partial charge in [0.1, 0.15) is 5.75 Å². The van der Waals surface area contributed by atoms with E-state index in [1.807, 2.05) is 42.5 Å². The molecule has 6 heteroatoms. The molecule has 2 amide bonds. The molecule has 1 aliphatic rings. The fourth-order valence-electron chi connectivity index (χ4n) is 3.72.